The minimum atomic E-state index is -0.680. The highest BCUT2D eigenvalue weighted by atomic mass is 16.4. The van der Waals surface area contributed by atoms with Crippen LogP contribution < -0.4 is 5.32 Å². The Balaban J connectivity index is 1.92. The van der Waals surface area contributed by atoms with Gasteiger partial charge in [-0.25, -0.2) is 0 Å². The van der Waals surface area contributed by atoms with Crippen LogP contribution in [0.4, 0.5) is 5.69 Å². The first kappa shape index (κ1) is 9.06. The summed E-state index contributed by atoms with van der Waals surface area (Å²) in [6.45, 7) is 0.534. The van der Waals surface area contributed by atoms with Gasteiger partial charge in [0, 0.05) is 12.2 Å². The molecule has 1 fully saturated rings. The fraction of sp³-hybridized carbons (Fsp3) is 0.364. The number of benzene rings is 1. The van der Waals surface area contributed by atoms with Gasteiger partial charge >= 0.3 is 5.97 Å². The lowest BCUT2D eigenvalue weighted by Crippen LogP contribution is -2.24. The van der Waals surface area contributed by atoms with E-state index in [2.05, 4.69) is 5.32 Å². The molecule has 1 saturated carbocycles. The number of carboxylic acid groups (broad SMARTS) is 1. The van der Waals surface area contributed by atoms with Gasteiger partial charge in [0.2, 0.25) is 0 Å². The number of rotatable bonds is 4. The number of aliphatic carboxylic acids is 1. The quantitative estimate of drug-likeness (QED) is 0.764. The van der Waals surface area contributed by atoms with Crippen LogP contribution in [-0.2, 0) is 4.79 Å². The predicted molar refractivity (Wildman–Crippen MR) is 54.2 cm³/mol. The van der Waals surface area contributed by atoms with Gasteiger partial charge in [0.25, 0.3) is 0 Å². The van der Waals surface area contributed by atoms with Gasteiger partial charge in [0.1, 0.15) is 0 Å². The first-order valence-electron chi connectivity index (χ1n) is 4.75. The Kier molecular flexibility index (Phi) is 2.15. The zero-order chi connectivity index (χ0) is 10.0. The Morgan fingerprint density at radius 3 is 2.50 bits per heavy atom. The summed E-state index contributed by atoms with van der Waals surface area (Å²) in [5.41, 5.74) is 0.496. The second-order valence-electron chi connectivity index (χ2n) is 3.81. The van der Waals surface area contributed by atoms with E-state index in [1.807, 2.05) is 30.3 Å². The molecule has 0 atom stereocenters. The maximum Gasteiger partial charge on any atom is 0.311 e. The lowest BCUT2D eigenvalue weighted by molar-refractivity contribution is -0.142. The normalized spacial score (nSPS) is 17.4. The molecule has 1 aliphatic rings. The van der Waals surface area contributed by atoms with Crippen molar-refractivity contribution in [2.45, 2.75) is 12.8 Å². The molecule has 0 unspecified atom stereocenters. The third-order valence-corrected chi connectivity index (χ3v) is 2.71. The fourth-order valence-electron chi connectivity index (χ4n) is 1.44. The average molecular weight is 191 g/mol. The molecule has 74 valence electrons. The SMILES string of the molecule is O=C(O)C1(CNc2ccccc2)CC1. The largest absolute Gasteiger partial charge is 0.481 e. The summed E-state index contributed by atoms with van der Waals surface area (Å²) in [5, 5.41) is 12.1. The standard InChI is InChI=1S/C11H13NO2/c13-10(14)11(6-7-11)8-12-9-4-2-1-3-5-9/h1-5,12H,6-8H2,(H,13,14). The highest BCUT2D eigenvalue weighted by molar-refractivity contribution is 5.78. The molecule has 1 aliphatic carbocycles. The molecule has 3 heteroatoms. The van der Waals surface area contributed by atoms with E-state index in [9.17, 15) is 4.79 Å². The van der Waals surface area contributed by atoms with Gasteiger partial charge in [-0.1, -0.05) is 18.2 Å². The lowest BCUT2D eigenvalue weighted by atomic mass is 10.1. The molecule has 1 aromatic rings. The molecule has 0 aliphatic heterocycles. The van der Waals surface area contributed by atoms with Crippen LogP contribution in [0.3, 0.4) is 0 Å². The van der Waals surface area contributed by atoms with Crippen LogP contribution in [0.2, 0.25) is 0 Å². The third kappa shape index (κ3) is 1.71. The van der Waals surface area contributed by atoms with E-state index >= 15 is 0 Å². The van der Waals surface area contributed by atoms with E-state index in [0.29, 0.717) is 6.54 Å². The molecule has 0 amide bonds. The minimum absolute atomic E-state index is 0.490. The molecule has 0 saturated heterocycles. The van der Waals surface area contributed by atoms with E-state index in [1.165, 1.54) is 0 Å². The molecule has 0 heterocycles. The van der Waals surface area contributed by atoms with Crippen molar-refractivity contribution in [3.8, 4) is 0 Å². The molecular formula is C11H13NO2. The van der Waals surface area contributed by atoms with Gasteiger partial charge in [-0.2, -0.15) is 0 Å². The minimum Gasteiger partial charge on any atom is -0.481 e. The summed E-state index contributed by atoms with van der Waals surface area (Å²) >= 11 is 0. The van der Waals surface area contributed by atoms with Gasteiger partial charge in [-0.05, 0) is 25.0 Å². The highest BCUT2D eigenvalue weighted by Gasteiger charge is 2.49. The fourth-order valence-corrected chi connectivity index (χ4v) is 1.44. The maximum atomic E-state index is 10.9. The summed E-state index contributed by atoms with van der Waals surface area (Å²) in [7, 11) is 0. The van der Waals surface area contributed by atoms with E-state index in [-0.39, 0.29) is 0 Å². The smallest absolute Gasteiger partial charge is 0.311 e. The van der Waals surface area contributed by atoms with Crippen molar-refractivity contribution < 1.29 is 9.90 Å². The summed E-state index contributed by atoms with van der Waals surface area (Å²) in [4.78, 5) is 10.9. The van der Waals surface area contributed by atoms with Gasteiger partial charge in [0.05, 0.1) is 5.41 Å². The number of para-hydroxylation sites is 1. The summed E-state index contributed by atoms with van der Waals surface area (Å²) in [6, 6.07) is 9.69. The number of carboxylic acids is 1. The highest BCUT2D eigenvalue weighted by Crippen LogP contribution is 2.45. The molecule has 0 spiro atoms. The molecule has 14 heavy (non-hydrogen) atoms. The molecule has 1 aromatic carbocycles. The van der Waals surface area contributed by atoms with Crippen molar-refractivity contribution >= 4 is 11.7 Å². The number of nitrogens with one attached hydrogen (secondary N) is 1. The molecule has 0 aromatic heterocycles. The predicted octanol–water partition coefficient (Wildman–Crippen LogP) is 1.96. The Labute approximate surface area is 82.8 Å². The second-order valence-corrected chi connectivity index (χ2v) is 3.81. The van der Waals surface area contributed by atoms with Gasteiger partial charge < -0.3 is 10.4 Å². The van der Waals surface area contributed by atoms with Crippen LogP contribution in [0, 0.1) is 5.41 Å². The Hall–Kier alpha value is -1.51. The molecule has 0 radical (unpaired) electrons. The van der Waals surface area contributed by atoms with E-state index in [1.54, 1.807) is 0 Å². The van der Waals surface area contributed by atoms with Crippen LogP contribution in [-0.4, -0.2) is 17.6 Å². The van der Waals surface area contributed by atoms with Gasteiger partial charge in [-0.15, -0.1) is 0 Å². The van der Waals surface area contributed by atoms with Crippen molar-refractivity contribution in [2.24, 2.45) is 5.41 Å². The maximum absolute atomic E-state index is 10.9. The summed E-state index contributed by atoms with van der Waals surface area (Å²) in [6.07, 6.45) is 1.59. The van der Waals surface area contributed by atoms with Crippen molar-refractivity contribution in [3.63, 3.8) is 0 Å². The Morgan fingerprint density at radius 2 is 2.00 bits per heavy atom. The van der Waals surface area contributed by atoms with E-state index in [4.69, 9.17) is 5.11 Å². The molecular weight excluding hydrogens is 178 g/mol. The summed E-state index contributed by atoms with van der Waals surface area (Å²) in [5.74, 6) is -0.680. The van der Waals surface area contributed by atoms with Crippen LogP contribution >= 0.6 is 0 Å². The van der Waals surface area contributed by atoms with Crippen molar-refractivity contribution in [1.82, 2.24) is 0 Å². The molecule has 2 N–H and O–H groups in total. The first-order valence-corrected chi connectivity index (χ1v) is 4.75. The van der Waals surface area contributed by atoms with Crippen LogP contribution in [0.1, 0.15) is 12.8 Å². The Bertz CT molecular complexity index is 330. The Morgan fingerprint density at radius 1 is 1.36 bits per heavy atom. The van der Waals surface area contributed by atoms with E-state index < -0.39 is 11.4 Å². The first-order chi connectivity index (χ1) is 6.73. The van der Waals surface area contributed by atoms with E-state index in [0.717, 1.165) is 18.5 Å². The number of hydrogen-bond acceptors (Lipinski definition) is 2. The van der Waals surface area contributed by atoms with Crippen molar-refractivity contribution in [1.29, 1.82) is 0 Å². The van der Waals surface area contributed by atoms with Crippen LogP contribution in [0.5, 0.6) is 0 Å². The molecule has 2 rings (SSSR count). The molecule has 3 nitrogen and oxygen atoms in total. The van der Waals surface area contributed by atoms with Crippen molar-refractivity contribution in [3.05, 3.63) is 30.3 Å². The van der Waals surface area contributed by atoms with Crippen LogP contribution in [0.25, 0.3) is 0 Å². The zero-order valence-corrected chi connectivity index (χ0v) is 7.86. The number of anilines is 1. The topological polar surface area (TPSA) is 49.3 Å². The molecule has 0 bridgehead atoms. The summed E-state index contributed by atoms with van der Waals surface area (Å²) < 4.78 is 0. The van der Waals surface area contributed by atoms with Gasteiger partial charge in [-0.3, -0.25) is 4.79 Å². The van der Waals surface area contributed by atoms with Crippen molar-refractivity contribution in [2.75, 3.05) is 11.9 Å². The van der Waals surface area contributed by atoms with Gasteiger partial charge in [0.15, 0.2) is 0 Å². The van der Waals surface area contributed by atoms with Crippen LogP contribution in [0.15, 0.2) is 30.3 Å². The lowest BCUT2D eigenvalue weighted by Gasteiger charge is -2.11. The average Bonchev–Trinajstić information content (AvgIpc) is 2.97. The third-order valence-electron chi connectivity index (χ3n) is 2.71. The second kappa shape index (κ2) is 3.33. The number of hydrogen-bond donors (Lipinski definition) is 2. The monoisotopic (exact) mass is 191 g/mol. The number of carbonyl (C=O) groups is 1. The zero-order valence-electron chi connectivity index (χ0n) is 7.86.